The number of halogens is 1. The van der Waals surface area contributed by atoms with E-state index in [1.54, 1.807) is 35.9 Å². The molecule has 0 aliphatic rings. The van der Waals surface area contributed by atoms with Crippen molar-refractivity contribution in [1.82, 2.24) is 14.5 Å². The van der Waals surface area contributed by atoms with Gasteiger partial charge in [-0.25, -0.2) is 9.37 Å². The normalized spacial score (nSPS) is 11.1. The van der Waals surface area contributed by atoms with Crippen molar-refractivity contribution in [2.75, 3.05) is 0 Å². The number of nitrogens with zero attached hydrogens (tertiary/aromatic N) is 3. The lowest BCUT2D eigenvalue weighted by Crippen LogP contribution is -2.02. The van der Waals surface area contributed by atoms with Crippen LogP contribution < -0.4 is 0 Å². The van der Waals surface area contributed by atoms with Crippen molar-refractivity contribution in [2.45, 2.75) is 26.8 Å². The molecular formula is C22H20FN3S. The molecule has 1 aromatic carbocycles. The highest BCUT2D eigenvalue weighted by molar-refractivity contribution is 7.13. The van der Waals surface area contributed by atoms with E-state index in [1.807, 2.05) is 12.1 Å². The van der Waals surface area contributed by atoms with Gasteiger partial charge in [0.2, 0.25) is 0 Å². The third-order valence-electron chi connectivity index (χ3n) is 4.44. The lowest BCUT2D eigenvalue weighted by molar-refractivity contribution is 0.628. The minimum atomic E-state index is -0.244. The maximum atomic E-state index is 13.5. The number of hydrogen-bond acceptors (Lipinski definition) is 3. The molecule has 0 fully saturated rings. The minimum Gasteiger partial charge on any atom is -0.323 e. The predicted octanol–water partition coefficient (Wildman–Crippen LogP) is 6.20. The van der Waals surface area contributed by atoms with Crippen LogP contribution in [0.3, 0.4) is 0 Å². The number of thiophene rings is 1. The summed E-state index contributed by atoms with van der Waals surface area (Å²) in [6.07, 6.45) is 4.58. The van der Waals surface area contributed by atoms with Gasteiger partial charge in [0, 0.05) is 30.1 Å². The zero-order valence-corrected chi connectivity index (χ0v) is 16.1. The number of rotatable bonds is 5. The van der Waals surface area contributed by atoms with Gasteiger partial charge in [-0.05, 0) is 66.8 Å². The molecule has 0 bridgehead atoms. The molecule has 5 heteroatoms. The van der Waals surface area contributed by atoms with Crippen LogP contribution >= 0.6 is 11.3 Å². The Labute approximate surface area is 162 Å². The number of benzene rings is 1. The van der Waals surface area contributed by atoms with Crippen molar-refractivity contribution < 1.29 is 4.39 Å². The number of aryl methyl sites for hydroxylation is 1. The van der Waals surface area contributed by atoms with E-state index in [0.29, 0.717) is 0 Å². The molecule has 0 spiro atoms. The second-order valence-electron chi connectivity index (χ2n) is 6.52. The molecule has 0 unspecified atom stereocenters. The monoisotopic (exact) mass is 377 g/mol. The van der Waals surface area contributed by atoms with E-state index in [4.69, 9.17) is 4.98 Å². The number of pyridine rings is 1. The summed E-state index contributed by atoms with van der Waals surface area (Å²) in [5.74, 6) is 0.715. The molecule has 0 saturated carbocycles. The van der Waals surface area contributed by atoms with Gasteiger partial charge in [0.15, 0.2) is 5.82 Å². The topological polar surface area (TPSA) is 30.7 Å². The van der Waals surface area contributed by atoms with E-state index < -0.39 is 0 Å². The van der Waals surface area contributed by atoms with Crippen LogP contribution in [0, 0.1) is 12.7 Å². The van der Waals surface area contributed by atoms with Crippen LogP contribution in [0.15, 0.2) is 60.2 Å². The van der Waals surface area contributed by atoms with Crippen LogP contribution in [0.4, 0.5) is 4.39 Å². The standard InChI is InChI=1S/C22H20FN3S/c1-3-12-26-21(17-8-10-24-11-9-17)20(16-4-6-18(23)7-5-16)25-22(26)19-13-15(2)14-27-19/h4-11,13-14H,3,12H2,1-2H3. The van der Waals surface area contributed by atoms with E-state index >= 15 is 0 Å². The Morgan fingerprint density at radius 1 is 1.04 bits per heavy atom. The first-order chi connectivity index (χ1) is 13.2. The largest absolute Gasteiger partial charge is 0.323 e. The molecule has 0 aliphatic heterocycles. The smallest absolute Gasteiger partial charge is 0.151 e. The van der Waals surface area contributed by atoms with Crippen LogP contribution in [0.1, 0.15) is 18.9 Å². The predicted molar refractivity (Wildman–Crippen MR) is 109 cm³/mol. The molecule has 0 N–H and O–H groups in total. The molecule has 4 aromatic rings. The Bertz CT molecular complexity index is 1050. The molecule has 3 aromatic heterocycles. The van der Waals surface area contributed by atoms with Gasteiger partial charge >= 0.3 is 0 Å². The molecule has 0 aliphatic carbocycles. The highest BCUT2D eigenvalue weighted by Gasteiger charge is 2.21. The lowest BCUT2D eigenvalue weighted by Gasteiger charge is -2.11. The van der Waals surface area contributed by atoms with Crippen LogP contribution in [0.2, 0.25) is 0 Å². The summed E-state index contributed by atoms with van der Waals surface area (Å²) in [5.41, 5.74) is 5.12. The Morgan fingerprint density at radius 2 is 1.78 bits per heavy atom. The highest BCUT2D eigenvalue weighted by Crippen LogP contribution is 2.38. The molecule has 4 rings (SSSR count). The van der Waals surface area contributed by atoms with Crippen LogP contribution in [-0.4, -0.2) is 14.5 Å². The van der Waals surface area contributed by atoms with Gasteiger partial charge in [-0.15, -0.1) is 11.3 Å². The third kappa shape index (κ3) is 3.43. The van der Waals surface area contributed by atoms with Gasteiger partial charge in [-0.2, -0.15) is 0 Å². The second kappa shape index (κ2) is 7.45. The Balaban J connectivity index is 2.00. The molecular weight excluding hydrogens is 357 g/mol. The molecule has 0 saturated heterocycles. The summed E-state index contributed by atoms with van der Waals surface area (Å²) in [6.45, 7) is 5.12. The summed E-state index contributed by atoms with van der Waals surface area (Å²) in [5, 5.41) is 2.14. The molecule has 0 amide bonds. The van der Waals surface area contributed by atoms with E-state index in [-0.39, 0.29) is 5.82 Å². The number of imidazole rings is 1. The Kier molecular flexibility index (Phi) is 4.86. The van der Waals surface area contributed by atoms with Crippen LogP contribution in [0.25, 0.3) is 33.2 Å². The fraction of sp³-hybridized carbons (Fsp3) is 0.182. The number of hydrogen-bond donors (Lipinski definition) is 0. The first-order valence-corrected chi connectivity index (χ1v) is 9.87. The molecule has 0 atom stereocenters. The fourth-order valence-corrected chi connectivity index (χ4v) is 4.14. The Hall–Kier alpha value is -2.79. The van der Waals surface area contributed by atoms with Crippen molar-refractivity contribution in [2.24, 2.45) is 0 Å². The average molecular weight is 377 g/mol. The van der Waals surface area contributed by atoms with Gasteiger partial charge in [0.25, 0.3) is 0 Å². The summed E-state index contributed by atoms with van der Waals surface area (Å²) in [4.78, 5) is 10.3. The van der Waals surface area contributed by atoms with Crippen molar-refractivity contribution in [3.05, 3.63) is 71.6 Å². The minimum absolute atomic E-state index is 0.244. The molecule has 136 valence electrons. The van der Waals surface area contributed by atoms with Crippen molar-refractivity contribution in [3.8, 4) is 33.2 Å². The van der Waals surface area contributed by atoms with E-state index in [0.717, 1.165) is 46.2 Å². The molecule has 3 heterocycles. The molecule has 0 radical (unpaired) electrons. The van der Waals surface area contributed by atoms with Gasteiger partial charge in [-0.1, -0.05) is 6.92 Å². The Morgan fingerprint density at radius 3 is 2.41 bits per heavy atom. The summed E-state index contributed by atoms with van der Waals surface area (Å²) in [7, 11) is 0. The SMILES string of the molecule is CCCn1c(-c2cc(C)cs2)nc(-c2ccc(F)cc2)c1-c1ccncc1. The van der Waals surface area contributed by atoms with Gasteiger partial charge in [0.1, 0.15) is 5.82 Å². The van der Waals surface area contributed by atoms with Crippen LogP contribution in [-0.2, 0) is 6.54 Å². The zero-order valence-electron chi connectivity index (χ0n) is 15.3. The van der Waals surface area contributed by atoms with E-state index in [1.165, 1.54) is 17.7 Å². The number of aromatic nitrogens is 3. The van der Waals surface area contributed by atoms with Crippen molar-refractivity contribution >= 4 is 11.3 Å². The summed E-state index contributed by atoms with van der Waals surface area (Å²) < 4.78 is 15.7. The molecule has 27 heavy (non-hydrogen) atoms. The molecule has 3 nitrogen and oxygen atoms in total. The van der Waals surface area contributed by atoms with Gasteiger partial charge < -0.3 is 4.57 Å². The summed E-state index contributed by atoms with van der Waals surface area (Å²) in [6, 6.07) is 12.7. The van der Waals surface area contributed by atoms with Gasteiger partial charge in [-0.3, -0.25) is 4.98 Å². The average Bonchev–Trinajstić information content (AvgIpc) is 3.27. The van der Waals surface area contributed by atoms with Gasteiger partial charge in [0.05, 0.1) is 16.3 Å². The zero-order chi connectivity index (χ0) is 18.8. The highest BCUT2D eigenvalue weighted by atomic mass is 32.1. The second-order valence-corrected chi connectivity index (χ2v) is 7.43. The fourth-order valence-electron chi connectivity index (χ4n) is 3.24. The summed E-state index contributed by atoms with van der Waals surface area (Å²) >= 11 is 1.70. The first-order valence-electron chi connectivity index (χ1n) is 8.99. The van der Waals surface area contributed by atoms with E-state index in [2.05, 4.69) is 34.8 Å². The van der Waals surface area contributed by atoms with E-state index in [9.17, 15) is 4.39 Å². The maximum absolute atomic E-state index is 13.5. The first kappa shape index (κ1) is 17.6. The van der Waals surface area contributed by atoms with Crippen molar-refractivity contribution in [3.63, 3.8) is 0 Å². The maximum Gasteiger partial charge on any atom is 0.151 e. The quantitative estimate of drug-likeness (QED) is 0.415. The van der Waals surface area contributed by atoms with Crippen molar-refractivity contribution in [1.29, 1.82) is 0 Å². The van der Waals surface area contributed by atoms with Crippen LogP contribution in [0.5, 0.6) is 0 Å². The third-order valence-corrected chi connectivity index (χ3v) is 5.48. The lowest BCUT2D eigenvalue weighted by atomic mass is 10.1.